The Labute approximate surface area is 203 Å². The van der Waals surface area contributed by atoms with Gasteiger partial charge in [0.05, 0.1) is 19.4 Å². The van der Waals surface area contributed by atoms with E-state index in [1.54, 1.807) is 7.11 Å². The fourth-order valence-electron chi connectivity index (χ4n) is 3.89. The van der Waals surface area contributed by atoms with Gasteiger partial charge in [0, 0.05) is 22.8 Å². The molecule has 1 saturated heterocycles. The van der Waals surface area contributed by atoms with E-state index in [4.69, 9.17) is 16.3 Å². The summed E-state index contributed by atoms with van der Waals surface area (Å²) in [6, 6.07) is 15.3. The van der Waals surface area contributed by atoms with Gasteiger partial charge in [0.2, 0.25) is 5.91 Å². The van der Waals surface area contributed by atoms with Crippen molar-refractivity contribution in [3.8, 4) is 11.4 Å². The maximum atomic E-state index is 12.5. The number of carbonyl (C=O) groups excluding carboxylic acids is 1. The third kappa shape index (κ3) is 6.28. The summed E-state index contributed by atoms with van der Waals surface area (Å²) in [6.45, 7) is 3.28. The van der Waals surface area contributed by atoms with Crippen molar-refractivity contribution in [2.24, 2.45) is 0 Å². The van der Waals surface area contributed by atoms with E-state index >= 15 is 0 Å². The number of nitrogens with zero attached hydrogens (tertiary/aromatic N) is 4. The summed E-state index contributed by atoms with van der Waals surface area (Å²) < 4.78 is 7.38. The predicted molar refractivity (Wildman–Crippen MR) is 131 cm³/mol. The molecule has 1 N–H and O–H groups in total. The highest BCUT2D eigenvalue weighted by atomic mass is 35.5. The van der Waals surface area contributed by atoms with Gasteiger partial charge in [-0.25, -0.2) is 0 Å². The SMILES string of the molecule is COc1ccccc1CNC(=O)CSc1nnc(CN2CCCCC2)n1-c1ccc(Cl)cc1. The molecular formula is C24H28ClN5O2S. The Morgan fingerprint density at radius 3 is 2.61 bits per heavy atom. The molecule has 33 heavy (non-hydrogen) atoms. The molecule has 1 aliphatic rings. The average Bonchev–Trinajstić information content (AvgIpc) is 3.25. The average molecular weight is 486 g/mol. The van der Waals surface area contributed by atoms with E-state index in [-0.39, 0.29) is 11.7 Å². The first kappa shape index (κ1) is 23.6. The molecule has 3 aromatic rings. The number of hydrogen-bond acceptors (Lipinski definition) is 6. The molecular weight excluding hydrogens is 458 g/mol. The number of piperidine rings is 1. The molecule has 2 heterocycles. The molecule has 0 spiro atoms. The number of benzene rings is 2. The Bertz CT molecular complexity index is 1070. The Morgan fingerprint density at radius 2 is 1.85 bits per heavy atom. The lowest BCUT2D eigenvalue weighted by molar-refractivity contribution is -0.118. The summed E-state index contributed by atoms with van der Waals surface area (Å²) in [5.74, 6) is 1.80. The van der Waals surface area contributed by atoms with Crippen LogP contribution in [0.25, 0.3) is 5.69 Å². The number of hydrogen-bond donors (Lipinski definition) is 1. The van der Waals surface area contributed by atoms with Crippen LogP contribution >= 0.6 is 23.4 Å². The van der Waals surface area contributed by atoms with Crippen molar-refractivity contribution in [3.63, 3.8) is 0 Å². The normalized spacial score (nSPS) is 14.2. The molecule has 4 rings (SSSR count). The lowest BCUT2D eigenvalue weighted by Crippen LogP contribution is -2.30. The third-order valence-corrected chi connectivity index (χ3v) is 6.78. The number of likely N-dealkylation sites (tertiary alicyclic amines) is 1. The van der Waals surface area contributed by atoms with Gasteiger partial charge in [-0.3, -0.25) is 14.3 Å². The number of aromatic nitrogens is 3. The van der Waals surface area contributed by atoms with E-state index in [1.807, 2.05) is 53.1 Å². The Hall–Kier alpha value is -2.55. The number of carbonyl (C=O) groups is 1. The summed E-state index contributed by atoms with van der Waals surface area (Å²) in [4.78, 5) is 15.0. The van der Waals surface area contributed by atoms with Crippen LogP contribution in [-0.4, -0.2) is 51.5 Å². The largest absolute Gasteiger partial charge is 0.496 e. The fourth-order valence-corrected chi connectivity index (χ4v) is 4.81. The second kappa shape index (κ2) is 11.5. The number of para-hydroxylation sites is 1. The molecule has 1 aliphatic heterocycles. The highest BCUT2D eigenvalue weighted by molar-refractivity contribution is 7.99. The van der Waals surface area contributed by atoms with Crippen LogP contribution in [0.2, 0.25) is 5.02 Å². The monoisotopic (exact) mass is 485 g/mol. The van der Waals surface area contributed by atoms with Crippen molar-refractivity contribution in [2.75, 3.05) is 26.0 Å². The first-order valence-electron chi connectivity index (χ1n) is 11.1. The Balaban J connectivity index is 1.45. The molecule has 0 unspecified atom stereocenters. The summed E-state index contributed by atoms with van der Waals surface area (Å²) >= 11 is 7.48. The smallest absolute Gasteiger partial charge is 0.230 e. The summed E-state index contributed by atoms with van der Waals surface area (Å²) in [5, 5.41) is 13.2. The van der Waals surface area contributed by atoms with E-state index in [1.165, 1.54) is 31.0 Å². The van der Waals surface area contributed by atoms with Crippen molar-refractivity contribution in [1.29, 1.82) is 0 Å². The number of methoxy groups -OCH3 is 1. The van der Waals surface area contributed by atoms with E-state index in [2.05, 4.69) is 20.4 Å². The van der Waals surface area contributed by atoms with Gasteiger partial charge in [0.25, 0.3) is 0 Å². The molecule has 1 amide bonds. The van der Waals surface area contributed by atoms with Gasteiger partial charge in [-0.15, -0.1) is 10.2 Å². The van der Waals surface area contributed by atoms with Crippen LogP contribution in [0.15, 0.2) is 53.7 Å². The van der Waals surface area contributed by atoms with Crippen LogP contribution in [0.4, 0.5) is 0 Å². The van der Waals surface area contributed by atoms with Crippen LogP contribution in [-0.2, 0) is 17.9 Å². The number of amides is 1. The van der Waals surface area contributed by atoms with Crippen LogP contribution in [0, 0.1) is 0 Å². The first-order chi connectivity index (χ1) is 16.1. The number of thioether (sulfide) groups is 1. The zero-order valence-corrected chi connectivity index (χ0v) is 20.2. The van der Waals surface area contributed by atoms with E-state index in [0.717, 1.165) is 42.5 Å². The van der Waals surface area contributed by atoms with Gasteiger partial charge in [-0.1, -0.05) is 48.0 Å². The first-order valence-corrected chi connectivity index (χ1v) is 12.4. The van der Waals surface area contributed by atoms with Crippen LogP contribution in [0.1, 0.15) is 30.7 Å². The van der Waals surface area contributed by atoms with Crippen molar-refractivity contribution in [2.45, 2.75) is 37.5 Å². The topological polar surface area (TPSA) is 72.3 Å². The van der Waals surface area contributed by atoms with Crippen LogP contribution in [0.3, 0.4) is 0 Å². The molecule has 0 saturated carbocycles. The van der Waals surface area contributed by atoms with Crippen molar-refractivity contribution >= 4 is 29.3 Å². The predicted octanol–water partition coefficient (Wildman–Crippen LogP) is 4.32. The maximum Gasteiger partial charge on any atom is 0.230 e. The molecule has 1 fully saturated rings. The molecule has 0 aliphatic carbocycles. The van der Waals surface area contributed by atoms with Gasteiger partial charge in [0.15, 0.2) is 11.0 Å². The van der Waals surface area contributed by atoms with Gasteiger partial charge < -0.3 is 10.1 Å². The summed E-state index contributed by atoms with van der Waals surface area (Å²) in [6.07, 6.45) is 3.71. The molecule has 2 aromatic carbocycles. The van der Waals surface area contributed by atoms with E-state index < -0.39 is 0 Å². The van der Waals surface area contributed by atoms with E-state index in [9.17, 15) is 4.79 Å². The quantitative estimate of drug-likeness (QED) is 0.455. The van der Waals surface area contributed by atoms with Gasteiger partial charge in [-0.2, -0.15) is 0 Å². The number of ether oxygens (including phenoxy) is 1. The Morgan fingerprint density at radius 1 is 1.09 bits per heavy atom. The highest BCUT2D eigenvalue weighted by Gasteiger charge is 2.19. The van der Waals surface area contributed by atoms with Gasteiger partial charge >= 0.3 is 0 Å². The van der Waals surface area contributed by atoms with Crippen molar-refractivity contribution < 1.29 is 9.53 Å². The minimum Gasteiger partial charge on any atom is -0.496 e. The highest BCUT2D eigenvalue weighted by Crippen LogP contribution is 2.25. The number of halogens is 1. The molecule has 1 aromatic heterocycles. The van der Waals surface area contributed by atoms with E-state index in [0.29, 0.717) is 16.7 Å². The molecule has 0 bridgehead atoms. The molecule has 0 radical (unpaired) electrons. The van der Waals surface area contributed by atoms with Crippen LogP contribution in [0.5, 0.6) is 5.75 Å². The van der Waals surface area contributed by atoms with Gasteiger partial charge in [0.1, 0.15) is 5.75 Å². The zero-order chi connectivity index (χ0) is 23.0. The van der Waals surface area contributed by atoms with Crippen molar-refractivity contribution in [3.05, 3.63) is 64.9 Å². The minimum atomic E-state index is -0.0749. The third-order valence-electron chi connectivity index (χ3n) is 5.60. The van der Waals surface area contributed by atoms with Gasteiger partial charge in [-0.05, 0) is 56.3 Å². The summed E-state index contributed by atoms with van der Waals surface area (Å²) in [7, 11) is 1.63. The summed E-state index contributed by atoms with van der Waals surface area (Å²) in [5.41, 5.74) is 1.87. The second-order valence-corrected chi connectivity index (χ2v) is 9.30. The maximum absolute atomic E-state index is 12.5. The van der Waals surface area contributed by atoms with Crippen molar-refractivity contribution in [1.82, 2.24) is 25.0 Å². The molecule has 9 heteroatoms. The minimum absolute atomic E-state index is 0.0749. The molecule has 174 valence electrons. The van der Waals surface area contributed by atoms with Crippen LogP contribution < -0.4 is 10.1 Å². The Kier molecular flexibility index (Phi) is 8.25. The fraction of sp³-hybridized carbons (Fsp3) is 0.375. The lowest BCUT2D eigenvalue weighted by atomic mass is 10.1. The molecule has 0 atom stereocenters. The lowest BCUT2D eigenvalue weighted by Gasteiger charge is -2.26. The second-order valence-electron chi connectivity index (χ2n) is 7.92. The number of rotatable bonds is 9. The number of nitrogens with one attached hydrogen (secondary N) is 1. The molecule has 7 nitrogen and oxygen atoms in total. The zero-order valence-electron chi connectivity index (χ0n) is 18.7. The standard InChI is InChI=1S/C24H28ClN5O2S/c1-32-21-8-4-3-7-18(21)15-26-23(31)17-33-24-28-27-22(16-29-13-5-2-6-14-29)30(24)20-11-9-19(25)10-12-20/h3-4,7-12H,2,5-6,13-17H2,1H3,(H,26,31).